The van der Waals surface area contributed by atoms with E-state index in [1.807, 2.05) is 11.5 Å². The van der Waals surface area contributed by atoms with Gasteiger partial charge in [-0.3, -0.25) is 4.79 Å². The van der Waals surface area contributed by atoms with Crippen molar-refractivity contribution in [1.82, 2.24) is 24.4 Å². The van der Waals surface area contributed by atoms with Crippen molar-refractivity contribution < 1.29 is 9.18 Å². The number of hydrogen-bond acceptors (Lipinski definition) is 3. The van der Waals surface area contributed by atoms with E-state index in [4.69, 9.17) is 0 Å². The molecule has 0 aliphatic rings. The van der Waals surface area contributed by atoms with Gasteiger partial charge in [0, 0.05) is 25.9 Å². The minimum atomic E-state index is -0.315. The SMILES string of the molecule is CCc1nccn1CC(=O)N(C)Cc1nc2ccc(F)cc2[nH]1. The molecule has 3 aromatic rings. The lowest BCUT2D eigenvalue weighted by molar-refractivity contribution is -0.131. The largest absolute Gasteiger partial charge is 0.340 e. The molecule has 7 heteroatoms. The highest BCUT2D eigenvalue weighted by Crippen LogP contribution is 2.14. The molecule has 23 heavy (non-hydrogen) atoms. The Balaban J connectivity index is 1.69. The van der Waals surface area contributed by atoms with E-state index in [1.165, 1.54) is 12.1 Å². The van der Waals surface area contributed by atoms with Crippen molar-refractivity contribution in [3.8, 4) is 0 Å². The fourth-order valence-electron chi connectivity index (χ4n) is 2.49. The molecule has 0 aliphatic heterocycles. The Hall–Kier alpha value is -2.70. The van der Waals surface area contributed by atoms with Gasteiger partial charge in [0.1, 0.15) is 24.0 Å². The molecule has 0 unspecified atom stereocenters. The number of carbonyl (C=O) groups excluding carboxylic acids is 1. The topological polar surface area (TPSA) is 66.8 Å². The van der Waals surface area contributed by atoms with Crippen molar-refractivity contribution in [3.63, 3.8) is 0 Å². The van der Waals surface area contributed by atoms with Gasteiger partial charge in [0.2, 0.25) is 5.91 Å². The average molecular weight is 315 g/mol. The molecule has 6 nitrogen and oxygen atoms in total. The van der Waals surface area contributed by atoms with E-state index in [0.717, 1.165) is 12.2 Å². The van der Waals surface area contributed by atoms with Crippen LogP contribution in [0.2, 0.25) is 0 Å². The molecule has 0 saturated heterocycles. The van der Waals surface area contributed by atoms with Crippen molar-refractivity contribution in [2.45, 2.75) is 26.4 Å². The maximum Gasteiger partial charge on any atom is 0.242 e. The van der Waals surface area contributed by atoms with Gasteiger partial charge in [-0.15, -0.1) is 0 Å². The van der Waals surface area contributed by atoms with Crippen LogP contribution in [0, 0.1) is 5.82 Å². The quantitative estimate of drug-likeness (QED) is 0.784. The second-order valence-electron chi connectivity index (χ2n) is 5.42. The number of carbonyl (C=O) groups is 1. The molecular weight excluding hydrogens is 297 g/mol. The van der Waals surface area contributed by atoms with Crippen LogP contribution in [-0.4, -0.2) is 37.4 Å². The van der Waals surface area contributed by atoms with Gasteiger partial charge in [0.15, 0.2) is 0 Å². The Kier molecular flexibility index (Phi) is 4.10. The van der Waals surface area contributed by atoms with E-state index in [1.54, 1.807) is 30.4 Å². The van der Waals surface area contributed by atoms with Crippen molar-refractivity contribution in [3.05, 3.63) is 48.1 Å². The van der Waals surface area contributed by atoms with Gasteiger partial charge in [-0.25, -0.2) is 14.4 Å². The third-order valence-electron chi connectivity index (χ3n) is 3.73. The number of aromatic nitrogens is 4. The molecule has 0 atom stereocenters. The lowest BCUT2D eigenvalue weighted by Crippen LogP contribution is -2.30. The number of aryl methyl sites for hydroxylation is 1. The highest BCUT2D eigenvalue weighted by Gasteiger charge is 2.14. The zero-order valence-corrected chi connectivity index (χ0v) is 13.1. The first-order chi connectivity index (χ1) is 11.1. The predicted molar refractivity (Wildman–Crippen MR) is 84.1 cm³/mol. The summed E-state index contributed by atoms with van der Waals surface area (Å²) < 4.78 is 15.0. The first kappa shape index (κ1) is 15.2. The molecule has 2 aromatic heterocycles. The lowest BCUT2D eigenvalue weighted by Gasteiger charge is -2.16. The number of nitrogens with zero attached hydrogens (tertiary/aromatic N) is 4. The summed E-state index contributed by atoms with van der Waals surface area (Å²) in [6.45, 7) is 2.58. The summed E-state index contributed by atoms with van der Waals surface area (Å²) in [7, 11) is 1.72. The fourth-order valence-corrected chi connectivity index (χ4v) is 2.49. The van der Waals surface area contributed by atoms with E-state index in [-0.39, 0.29) is 18.3 Å². The Bertz CT molecular complexity index is 838. The summed E-state index contributed by atoms with van der Waals surface area (Å²) in [5, 5.41) is 0. The van der Waals surface area contributed by atoms with Gasteiger partial charge < -0.3 is 14.5 Å². The van der Waals surface area contributed by atoms with E-state index >= 15 is 0 Å². The van der Waals surface area contributed by atoms with Crippen LogP contribution in [0.5, 0.6) is 0 Å². The number of aromatic amines is 1. The van der Waals surface area contributed by atoms with Crippen LogP contribution in [0.15, 0.2) is 30.6 Å². The third kappa shape index (κ3) is 3.23. The number of fused-ring (bicyclic) bond motifs is 1. The molecule has 3 rings (SSSR count). The van der Waals surface area contributed by atoms with E-state index in [9.17, 15) is 9.18 Å². The van der Waals surface area contributed by atoms with Gasteiger partial charge >= 0.3 is 0 Å². The molecule has 2 heterocycles. The van der Waals surface area contributed by atoms with E-state index in [2.05, 4.69) is 15.0 Å². The minimum absolute atomic E-state index is 0.0377. The number of amides is 1. The zero-order chi connectivity index (χ0) is 16.4. The van der Waals surface area contributed by atoms with Gasteiger partial charge in [-0.1, -0.05) is 6.92 Å². The monoisotopic (exact) mass is 315 g/mol. The van der Waals surface area contributed by atoms with Crippen LogP contribution in [0.1, 0.15) is 18.6 Å². The molecule has 1 amide bonds. The number of benzene rings is 1. The van der Waals surface area contributed by atoms with Crippen molar-refractivity contribution >= 4 is 16.9 Å². The molecule has 0 aliphatic carbocycles. The van der Waals surface area contributed by atoms with Gasteiger partial charge in [0.05, 0.1) is 17.6 Å². The Morgan fingerprint density at radius 2 is 2.26 bits per heavy atom. The smallest absolute Gasteiger partial charge is 0.242 e. The predicted octanol–water partition coefficient (Wildman–Crippen LogP) is 2.12. The highest BCUT2D eigenvalue weighted by atomic mass is 19.1. The molecule has 120 valence electrons. The summed E-state index contributed by atoms with van der Waals surface area (Å²) in [4.78, 5) is 25.5. The average Bonchev–Trinajstić information content (AvgIpc) is 3.12. The van der Waals surface area contributed by atoms with E-state index in [0.29, 0.717) is 23.4 Å². The summed E-state index contributed by atoms with van der Waals surface area (Å²) in [5.74, 6) is 1.16. The molecule has 0 bridgehead atoms. The summed E-state index contributed by atoms with van der Waals surface area (Å²) >= 11 is 0. The molecule has 1 aromatic carbocycles. The van der Waals surface area contributed by atoms with Crippen LogP contribution in [0.25, 0.3) is 11.0 Å². The molecule has 0 fully saturated rings. The van der Waals surface area contributed by atoms with Crippen LogP contribution in [-0.2, 0) is 24.3 Å². The number of rotatable bonds is 5. The second kappa shape index (κ2) is 6.20. The summed E-state index contributed by atoms with van der Waals surface area (Å²) in [6, 6.07) is 4.38. The van der Waals surface area contributed by atoms with Crippen LogP contribution in [0.4, 0.5) is 4.39 Å². The molecular formula is C16H18FN5O. The maximum atomic E-state index is 13.2. The van der Waals surface area contributed by atoms with Gasteiger partial charge in [-0.2, -0.15) is 0 Å². The molecule has 0 saturated carbocycles. The van der Waals surface area contributed by atoms with Crippen LogP contribution < -0.4 is 0 Å². The molecule has 0 radical (unpaired) electrons. The second-order valence-corrected chi connectivity index (χ2v) is 5.42. The molecule has 0 spiro atoms. The zero-order valence-electron chi connectivity index (χ0n) is 13.1. The number of halogens is 1. The number of H-pyrrole nitrogens is 1. The third-order valence-corrected chi connectivity index (χ3v) is 3.73. The normalized spacial score (nSPS) is 11.1. The first-order valence-electron chi connectivity index (χ1n) is 7.45. The fraction of sp³-hybridized carbons (Fsp3) is 0.312. The Morgan fingerprint density at radius 3 is 3.04 bits per heavy atom. The minimum Gasteiger partial charge on any atom is -0.340 e. The Labute approximate surface area is 133 Å². The Morgan fingerprint density at radius 1 is 1.43 bits per heavy atom. The number of imidazole rings is 2. The maximum absolute atomic E-state index is 13.2. The van der Waals surface area contributed by atoms with Crippen LogP contribution in [0.3, 0.4) is 0 Å². The van der Waals surface area contributed by atoms with Crippen LogP contribution >= 0.6 is 0 Å². The summed E-state index contributed by atoms with van der Waals surface area (Å²) in [5.41, 5.74) is 1.31. The highest BCUT2D eigenvalue weighted by molar-refractivity contribution is 5.77. The van der Waals surface area contributed by atoms with Crippen molar-refractivity contribution in [2.24, 2.45) is 0 Å². The van der Waals surface area contributed by atoms with Gasteiger partial charge in [-0.05, 0) is 18.2 Å². The van der Waals surface area contributed by atoms with Crippen molar-refractivity contribution in [2.75, 3.05) is 7.05 Å². The van der Waals surface area contributed by atoms with Crippen molar-refractivity contribution in [1.29, 1.82) is 0 Å². The summed E-state index contributed by atoms with van der Waals surface area (Å²) in [6.07, 6.45) is 4.27. The van der Waals surface area contributed by atoms with Gasteiger partial charge in [0.25, 0.3) is 0 Å². The number of likely N-dealkylation sites (N-methyl/N-ethyl adjacent to an activating group) is 1. The number of nitrogens with one attached hydrogen (secondary N) is 1. The first-order valence-corrected chi connectivity index (χ1v) is 7.45. The molecule has 1 N–H and O–H groups in total. The standard InChI is InChI=1S/C16H18FN5O/c1-3-15-18-6-7-22(15)10-16(23)21(2)9-14-19-12-5-4-11(17)8-13(12)20-14/h4-8H,3,9-10H2,1-2H3,(H,19,20). The van der Waals surface area contributed by atoms with E-state index < -0.39 is 0 Å². The number of hydrogen-bond donors (Lipinski definition) is 1. The lowest BCUT2D eigenvalue weighted by atomic mass is 10.3.